The van der Waals surface area contributed by atoms with E-state index in [0.717, 1.165) is 0 Å². The largest absolute Gasteiger partial charge is 0.481 e. The molecule has 0 radical (unpaired) electrons. The number of aliphatic carboxylic acids is 1. The van der Waals surface area contributed by atoms with Crippen LogP contribution in [0.5, 0.6) is 0 Å². The number of amides is 1. The summed E-state index contributed by atoms with van der Waals surface area (Å²) >= 11 is 0. The standard InChI is InChI=1S/C14H26N2O6S/c1-14(2,3)22-13(19)15-7-5-8-16(10-9-15)23(20,21)11-4-6-12(17)18/h4-11H2,1-3H3,(H,17,18). The molecule has 0 spiro atoms. The zero-order valence-electron chi connectivity index (χ0n) is 13.9. The van der Waals surface area contributed by atoms with Gasteiger partial charge in [-0.15, -0.1) is 0 Å². The van der Waals surface area contributed by atoms with Crippen molar-refractivity contribution >= 4 is 22.1 Å². The molecule has 0 aromatic heterocycles. The van der Waals surface area contributed by atoms with E-state index in [9.17, 15) is 18.0 Å². The predicted molar refractivity (Wildman–Crippen MR) is 84.7 cm³/mol. The molecule has 0 saturated carbocycles. The van der Waals surface area contributed by atoms with Crippen molar-refractivity contribution in [3.8, 4) is 0 Å². The van der Waals surface area contributed by atoms with Gasteiger partial charge in [0.15, 0.2) is 0 Å². The van der Waals surface area contributed by atoms with Gasteiger partial charge in [-0.05, 0) is 33.6 Å². The highest BCUT2D eigenvalue weighted by Crippen LogP contribution is 2.14. The zero-order valence-corrected chi connectivity index (χ0v) is 14.8. The number of rotatable bonds is 5. The number of nitrogens with zero attached hydrogens (tertiary/aromatic N) is 2. The fourth-order valence-electron chi connectivity index (χ4n) is 2.22. The van der Waals surface area contributed by atoms with E-state index < -0.39 is 27.7 Å². The predicted octanol–water partition coefficient (Wildman–Crippen LogP) is 1.12. The van der Waals surface area contributed by atoms with Gasteiger partial charge < -0.3 is 14.7 Å². The molecule has 0 aromatic rings. The Bertz CT molecular complexity index is 526. The van der Waals surface area contributed by atoms with Crippen molar-refractivity contribution in [2.24, 2.45) is 0 Å². The lowest BCUT2D eigenvalue weighted by Crippen LogP contribution is -2.40. The Morgan fingerprint density at radius 2 is 1.78 bits per heavy atom. The third-order valence-electron chi connectivity index (χ3n) is 3.29. The second-order valence-corrected chi connectivity index (χ2v) is 8.62. The van der Waals surface area contributed by atoms with Crippen LogP contribution in [-0.2, 0) is 19.6 Å². The SMILES string of the molecule is CC(C)(C)OC(=O)N1CCCN(S(=O)(=O)CCCC(=O)O)CC1. The zero-order chi connectivity index (χ0) is 17.7. The van der Waals surface area contributed by atoms with Crippen LogP contribution in [0, 0.1) is 0 Å². The smallest absolute Gasteiger partial charge is 0.410 e. The molecule has 1 fully saturated rings. The Hall–Kier alpha value is -1.35. The molecule has 134 valence electrons. The number of sulfonamides is 1. The van der Waals surface area contributed by atoms with E-state index in [-0.39, 0.29) is 31.7 Å². The van der Waals surface area contributed by atoms with E-state index in [2.05, 4.69) is 0 Å². The van der Waals surface area contributed by atoms with Crippen LogP contribution in [0.25, 0.3) is 0 Å². The molecule has 1 heterocycles. The monoisotopic (exact) mass is 350 g/mol. The lowest BCUT2D eigenvalue weighted by molar-refractivity contribution is -0.137. The van der Waals surface area contributed by atoms with E-state index >= 15 is 0 Å². The summed E-state index contributed by atoms with van der Waals surface area (Å²) in [5.41, 5.74) is -0.591. The number of carbonyl (C=O) groups excluding carboxylic acids is 1. The molecule has 0 bridgehead atoms. The average molecular weight is 350 g/mol. The van der Waals surface area contributed by atoms with Gasteiger partial charge in [0.2, 0.25) is 10.0 Å². The quantitative estimate of drug-likeness (QED) is 0.797. The summed E-state index contributed by atoms with van der Waals surface area (Å²) in [7, 11) is -3.50. The summed E-state index contributed by atoms with van der Waals surface area (Å²) < 4.78 is 31.1. The Morgan fingerprint density at radius 1 is 1.13 bits per heavy atom. The highest BCUT2D eigenvalue weighted by molar-refractivity contribution is 7.89. The molecule has 1 saturated heterocycles. The highest BCUT2D eigenvalue weighted by atomic mass is 32.2. The third-order valence-corrected chi connectivity index (χ3v) is 5.25. The number of hydrogen-bond acceptors (Lipinski definition) is 5. The Labute approximate surface area is 137 Å². The average Bonchev–Trinajstić information content (AvgIpc) is 2.62. The molecule has 1 rings (SSSR count). The Morgan fingerprint density at radius 3 is 2.35 bits per heavy atom. The van der Waals surface area contributed by atoms with E-state index in [0.29, 0.717) is 19.5 Å². The number of carbonyl (C=O) groups is 2. The Balaban J connectivity index is 2.57. The van der Waals surface area contributed by atoms with Crippen LogP contribution in [0.1, 0.15) is 40.0 Å². The van der Waals surface area contributed by atoms with Gasteiger partial charge in [-0.3, -0.25) is 4.79 Å². The summed E-state index contributed by atoms with van der Waals surface area (Å²) in [4.78, 5) is 24.0. The molecule has 8 nitrogen and oxygen atoms in total. The lowest BCUT2D eigenvalue weighted by atomic mass is 10.2. The van der Waals surface area contributed by atoms with E-state index in [4.69, 9.17) is 9.84 Å². The number of hydrogen-bond donors (Lipinski definition) is 1. The van der Waals surface area contributed by atoms with Gasteiger partial charge in [0.25, 0.3) is 0 Å². The van der Waals surface area contributed by atoms with Crippen LogP contribution < -0.4 is 0 Å². The van der Waals surface area contributed by atoms with Crippen molar-refractivity contribution in [1.29, 1.82) is 0 Å². The molecule has 9 heteroatoms. The van der Waals surface area contributed by atoms with Crippen LogP contribution in [0.3, 0.4) is 0 Å². The van der Waals surface area contributed by atoms with Gasteiger partial charge in [0, 0.05) is 32.6 Å². The van der Waals surface area contributed by atoms with Crippen LogP contribution in [0.2, 0.25) is 0 Å². The van der Waals surface area contributed by atoms with E-state index in [1.165, 1.54) is 9.21 Å². The fraction of sp³-hybridized carbons (Fsp3) is 0.857. The molecular weight excluding hydrogens is 324 g/mol. The van der Waals surface area contributed by atoms with Crippen LogP contribution >= 0.6 is 0 Å². The summed E-state index contributed by atoms with van der Waals surface area (Å²) in [5, 5.41) is 8.59. The Kier molecular flexibility index (Phi) is 6.82. The first-order valence-electron chi connectivity index (χ1n) is 7.69. The minimum absolute atomic E-state index is 0.0872. The molecule has 1 N–H and O–H groups in total. The number of ether oxygens (including phenoxy) is 1. The van der Waals surface area contributed by atoms with Gasteiger partial charge >= 0.3 is 12.1 Å². The topological polar surface area (TPSA) is 104 Å². The molecular formula is C14H26N2O6S. The normalized spacial score (nSPS) is 17.6. The highest BCUT2D eigenvalue weighted by Gasteiger charge is 2.28. The second kappa shape index (κ2) is 7.96. The fourth-order valence-corrected chi connectivity index (χ4v) is 3.75. The summed E-state index contributed by atoms with van der Waals surface area (Å²) in [6.07, 6.45) is 0.000897. The molecule has 0 aliphatic carbocycles. The molecule has 0 aromatic carbocycles. The maximum Gasteiger partial charge on any atom is 0.410 e. The first-order valence-corrected chi connectivity index (χ1v) is 9.30. The summed E-state index contributed by atoms with van der Waals surface area (Å²) in [5.74, 6) is -1.20. The van der Waals surface area contributed by atoms with Gasteiger partial charge in [-0.25, -0.2) is 17.5 Å². The van der Waals surface area contributed by atoms with Crippen LogP contribution in [0.15, 0.2) is 0 Å². The van der Waals surface area contributed by atoms with Crippen molar-refractivity contribution in [3.05, 3.63) is 0 Å². The summed E-state index contributed by atoms with van der Waals surface area (Å²) in [6, 6.07) is 0. The number of carboxylic acids is 1. The molecule has 1 aliphatic rings. The van der Waals surface area contributed by atoms with Gasteiger partial charge in [0.05, 0.1) is 5.75 Å². The minimum atomic E-state index is -3.50. The molecule has 1 aliphatic heterocycles. The van der Waals surface area contributed by atoms with Gasteiger partial charge in [0.1, 0.15) is 5.60 Å². The summed E-state index contributed by atoms with van der Waals surface area (Å²) in [6.45, 7) is 6.58. The lowest BCUT2D eigenvalue weighted by Gasteiger charge is -2.26. The van der Waals surface area contributed by atoms with E-state index in [1.54, 1.807) is 20.8 Å². The maximum atomic E-state index is 12.2. The molecule has 1 amide bonds. The van der Waals surface area contributed by atoms with Crippen molar-refractivity contribution in [1.82, 2.24) is 9.21 Å². The van der Waals surface area contributed by atoms with Crippen LogP contribution in [-0.4, -0.2) is 72.3 Å². The third kappa shape index (κ3) is 7.17. The molecule has 0 atom stereocenters. The molecule has 0 unspecified atom stereocenters. The van der Waals surface area contributed by atoms with Gasteiger partial charge in [-0.2, -0.15) is 0 Å². The first-order chi connectivity index (χ1) is 10.5. The van der Waals surface area contributed by atoms with E-state index in [1.807, 2.05) is 0 Å². The van der Waals surface area contributed by atoms with Crippen LogP contribution in [0.4, 0.5) is 4.79 Å². The molecule has 23 heavy (non-hydrogen) atoms. The minimum Gasteiger partial charge on any atom is -0.481 e. The first kappa shape index (κ1) is 19.7. The van der Waals surface area contributed by atoms with Crippen molar-refractivity contribution in [2.75, 3.05) is 31.9 Å². The second-order valence-electron chi connectivity index (χ2n) is 6.53. The maximum absolute atomic E-state index is 12.2. The number of carboxylic acid groups (broad SMARTS) is 1. The van der Waals surface area contributed by atoms with Crippen molar-refractivity contribution < 1.29 is 27.9 Å². The van der Waals surface area contributed by atoms with Crippen molar-refractivity contribution in [2.45, 2.75) is 45.6 Å². The van der Waals surface area contributed by atoms with Crippen molar-refractivity contribution in [3.63, 3.8) is 0 Å². The van der Waals surface area contributed by atoms with Gasteiger partial charge in [-0.1, -0.05) is 0 Å².